The van der Waals surface area contributed by atoms with Gasteiger partial charge in [-0.15, -0.1) is 16.6 Å². The summed E-state index contributed by atoms with van der Waals surface area (Å²) in [5, 5.41) is 0. The Morgan fingerprint density at radius 1 is 0.421 bits per heavy atom. The molecule has 36 heteroatoms. The fraction of sp³-hybridized carbons (Fsp3) is 0.769. The number of aromatic amines is 2. The van der Waals surface area contributed by atoms with Gasteiger partial charge in [-0.25, -0.2) is 27.6 Å². The van der Waals surface area contributed by atoms with Crippen LogP contribution in [0.15, 0.2) is 56.0 Å². The number of nitrogens with two attached hydrogens (primary N) is 1. The van der Waals surface area contributed by atoms with Crippen LogP contribution in [0.3, 0.4) is 0 Å². The van der Waals surface area contributed by atoms with Crippen molar-refractivity contribution >= 4 is 93.6 Å². The zero-order chi connectivity index (χ0) is 86.5. The van der Waals surface area contributed by atoms with E-state index in [1.165, 1.54) is 35.3 Å². The maximum Gasteiger partial charge on any atom is 0.351 e. The maximum atomic E-state index is 17.6. The summed E-state index contributed by atoms with van der Waals surface area (Å²) in [6.07, 6.45) is -5.72. The summed E-state index contributed by atoms with van der Waals surface area (Å²) in [5.74, 6) is 8.79. The molecule has 6 saturated heterocycles. The average Bonchev–Trinajstić information content (AvgIpc) is 1.53. The van der Waals surface area contributed by atoms with Crippen molar-refractivity contribution < 1.29 is 66.3 Å². The van der Waals surface area contributed by atoms with Gasteiger partial charge in [0, 0.05) is 24.7 Å². The van der Waals surface area contributed by atoms with E-state index in [0.29, 0.717) is 0 Å². The second kappa shape index (κ2) is 36.2. The molecule has 9 rings (SSSR count). The number of alkyl halides is 3. The summed E-state index contributed by atoms with van der Waals surface area (Å²) < 4.78 is 138. The highest BCUT2D eigenvalue weighted by Crippen LogP contribution is 2.56. The normalized spacial score (nSPS) is 29.2. The number of rotatable bonds is 15. The Morgan fingerprint density at radius 3 is 0.921 bits per heavy atom. The molecule has 3 aromatic heterocycles. The molecule has 0 radical (unpaired) electrons. The highest BCUT2D eigenvalue weighted by molar-refractivity contribution is 7.71. The van der Waals surface area contributed by atoms with Crippen molar-refractivity contribution in [3.05, 3.63) is 83.2 Å². The van der Waals surface area contributed by atoms with Crippen LogP contribution < -0.4 is 28.4 Å². The molecule has 6 aliphatic heterocycles. The first-order valence-electron chi connectivity index (χ1n) is 40.9. The third-order valence-electron chi connectivity index (χ3n) is 22.4. The minimum Gasteiger partial charge on any atom is -0.414 e. The van der Waals surface area contributed by atoms with Crippen molar-refractivity contribution in [1.82, 2.24) is 28.7 Å². The number of nitrogen functional groups attached to an aromatic ring is 1. The SMILES string of the molecule is CC(C)[Si]1(C(C)C)OC[C@H]2O[C@@H](n3ccc(=O)[nH]c3=O)[C@@](F)(C#C[Si](C)(C)C)[C@@H]2O[Si](C(C)C)(C(C)C)O1.CC(C)[Si]1(C(C)C)OC[C@H]2O[C@@H](n3ccc(=S)[nH]c3=O)[C@@](F)(C#C[Si](C)(C)C)[C@@H]2O[Si](C(C)C)(C(C)C)O1.CC(C)[Si]1(C(C)C)OC[C@H]2O[C@@H](n3ccc(N)nc3=O)[C@@](F)(C#C[Si](C)(C)C)[C@@H]2O[Si](C(C)C)(C(C)C)O1. The van der Waals surface area contributed by atoms with Gasteiger partial charge in [0.1, 0.15) is 71.3 Å². The largest absolute Gasteiger partial charge is 0.414 e. The van der Waals surface area contributed by atoms with Gasteiger partial charge in [-0.3, -0.25) is 28.5 Å². The summed E-state index contributed by atoms with van der Waals surface area (Å²) in [6.45, 7) is 69.0. The van der Waals surface area contributed by atoms with Crippen LogP contribution in [0, 0.1) is 39.0 Å². The molecular weight excluding hydrogens is 1630 g/mol. The Bertz CT molecular complexity index is 4130. The Kier molecular flexibility index (Phi) is 31.0. The highest BCUT2D eigenvalue weighted by atomic mass is 32.1. The third kappa shape index (κ3) is 19.8. The van der Waals surface area contributed by atoms with Crippen molar-refractivity contribution in [1.29, 1.82) is 0 Å². The van der Waals surface area contributed by atoms with E-state index in [4.69, 9.17) is 71.1 Å². The molecule has 23 nitrogen and oxygen atoms in total. The number of fused-ring (bicyclic) bond motifs is 3. The van der Waals surface area contributed by atoms with E-state index in [1.807, 2.05) is 39.3 Å². The first kappa shape index (κ1) is 97.5. The summed E-state index contributed by atoms with van der Waals surface area (Å²) in [6, 6.07) is 4.17. The van der Waals surface area contributed by atoms with Crippen LogP contribution in [0.4, 0.5) is 19.0 Å². The number of halogens is 3. The molecule has 6 fully saturated rings. The number of ether oxygens (including phenoxy) is 3. The number of anilines is 1. The lowest BCUT2D eigenvalue weighted by Gasteiger charge is -2.51. The van der Waals surface area contributed by atoms with Gasteiger partial charge in [-0.05, 0) is 78.6 Å². The van der Waals surface area contributed by atoms with Crippen molar-refractivity contribution in [2.24, 2.45) is 0 Å². The average molecular weight is 1770 g/mol. The molecule has 642 valence electrons. The molecule has 0 spiro atoms. The van der Waals surface area contributed by atoms with Gasteiger partial charge in [0.2, 0.25) is 17.0 Å². The lowest BCUT2D eigenvalue weighted by atomic mass is 9.97. The topological polar surface area (TPSA) is 264 Å². The monoisotopic (exact) mass is 1770 g/mol. The molecule has 0 unspecified atom stereocenters. The van der Waals surface area contributed by atoms with E-state index in [1.54, 1.807) is 6.07 Å². The molecule has 114 heavy (non-hydrogen) atoms. The van der Waals surface area contributed by atoms with Gasteiger partial charge >= 0.3 is 68.4 Å². The van der Waals surface area contributed by atoms with E-state index in [9.17, 15) is 19.2 Å². The number of aromatic nitrogens is 6. The molecule has 3 aromatic rings. The molecule has 4 N–H and O–H groups in total. The van der Waals surface area contributed by atoms with Crippen LogP contribution in [0.25, 0.3) is 0 Å². The molecule has 0 bridgehead atoms. The van der Waals surface area contributed by atoms with Gasteiger partial charge in [0.05, 0.1) is 19.8 Å². The Balaban J connectivity index is 0.000000237. The predicted molar refractivity (Wildman–Crippen MR) is 468 cm³/mol. The van der Waals surface area contributed by atoms with Crippen molar-refractivity contribution in [2.75, 3.05) is 25.6 Å². The van der Waals surface area contributed by atoms with E-state index < -0.39 is 171 Å². The van der Waals surface area contributed by atoms with Gasteiger partial charge in [-0.2, -0.15) is 4.98 Å². The minimum atomic E-state index is -3.17. The van der Waals surface area contributed by atoms with Crippen LogP contribution >= 0.6 is 12.2 Å². The Hall–Kier alpha value is -3.60. The van der Waals surface area contributed by atoms with Crippen LogP contribution in [0.1, 0.15) is 185 Å². The molecule has 0 saturated carbocycles. The van der Waals surface area contributed by atoms with Gasteiger partial charge in [0.15, 0.2) is 18.7 Å². The van der Waals surface area contributed by atoms with Crippen molar-refractivity contribution in [2.45, 2.75) is 364 Å². The second-order valence-electron chi connectivity index (χ2n) is 38.5. The minimum absolute atomic E-state index is 0.00314. The molecule has 6 aliphatic rings. The predicted octanol–water partition coefficient (Wildman–Crippen LogP) is 16.6. The number of hydrogen-bond donors (Lipinski definition) is 3. The lowest BCUT2D eigenvalue weighted by molar-refractivity contribution is -0.0598. The zero-order valence-electron chi connectivity index (χ0n) is 74.2. The lowest BCUT2D eigenvalue weighted by Crippen LogP contribution is -2.66. The summed E-state index contributed by atoms with van der Waals surface area (Å²) in [4.78, 5) is 59.1. The first-order valence-corrected chi connectivity index (χ1v) is 63.6. The Labute approximate surface area is 691 Å². The first-order chi connectivity index (χ1) is 52.2. The second-order valence-corrected chi connectivity index (χ2v) is 79.7. The van der Waals surface area contributed by atoms with Crippen LogP contribution in [-0.4, -0.2) is 178 Å². The molecule has 9 heterocycles. The fourth-order valence-electron chi connectivity index (χ4n) is 16.4. The standard InChI is InChI=1S/C26H46FN3O5Si3.C26H45FN2O6Si3.C26H45FN2O5SSi3/c1-17(2)37(18(3)4)32-16-21-23(34-38(35-37,19(5)6)20(7)8)26(27,13-15-36(9,10)11)24(33-21)30-14-12-22(28)29-25(30)31;1-17(2)37(18(3)4)32-16-21-23(34-38(35-37,19(5)6)20(7)8)26(27,13-15-36(9,10)11)24(33-21)29-14-12-22(30)28-25(29)31;1-17(2)37(18(3)4)31-16-21-23(33-38(34-37,19(5)6)20(7)8)26(27,13-15-36(9,10)11)24(32-21)29-14-12-22(35)28-25(29)30/h12,14,17-21,23-24H,16H2,1-11H3,(H2,28,29,31);12,14,17-21,23-24H,16H2,1-11H3,(H,28,30,31);12,14,17-21,23-24H,16H2,1-11H3,(H,28,30,35)/t3*21-,23-,24-,26-/m111/s1. The quantitative estimate of drug-likeness (QED) is 0.0725. The molecule has 0 aliphatic carbocycles. The fourth-order valence-corrected chi connectivity index (χ4v) is 51.9. The Morgan fingerprint density at radius 2 is 0.675 bits per heavy atom. The maximum absolute atomic E-state index is 17.6. The van der Waals surface area contributed by atoms with Gasteiger partial charge in [-0.1, -0.05) is 255 Å². The molecule has 12 atom stereocenters. The van der Waals surface area contributed by atoms with Gasteiger partial charge in [0.25, 0.3) is 5.56 Å². The molecular formula is C78H136F3N7O16SSi9. The highest BCUT2D eigenvalue weighted by Gasteiger charge is 2.71. The van der Waals surface area contributed by atoms with Crippen LogP contribution in [-0.2, 0) is 53.1 Å². The molecule has 0 aromatic carbocycles. The van der Waals surface area contributed by atoms with Gasteiger partial charge < -0.3 is 58.8 Å². The number of nitrogens with zero attached hydrogens (tertiary/aromatic N) is 4. The number of nitrogens with one attached hydrogen (secondary N) is 2. The van der Waals surface area contributed by atoms with Crippen molar-refractivity contribution in [3.63, 3.8) is 0 Å². The zero-order valence-corrected chi connectivity index (χ0v) is 84.0. The van der Waals surface area contributed by atoms with Crippen LogP contribution in [0.5, 0.6) is 0 Å². The number of H-pyrrole nitrogens is 2. The van der Waals surface area contributed by atoms with E-state index in [-0.39, 0.29) is 96.8 Å². The van der Waals surface area contributed by atoms with Crippen molar-refractivity contribution in [3.8, 4) is 34.4 Å². The summed E-state index contributed by atoms with van der Waals surface area (Å²) >= 11 is 5.11. The smallest absolute Gasteiger partial charge is 0.351 e. The number of hydrogen-bond acceptors (Lipinski definition) is 19. The van der Waals surface area contributed by atoms with E-state index >= 15 is 13.2 Å². The van der Waals surface area contributed by atoms with E-state index in [0.717, 1.165) is 9.13 Å². The summed E-state index contributed by atoms with van der Waals surface area (Å²) in [5.41, 5.74) is 6.41. The molecule has 0 amide bonds. The third-order valence-corrected chi connectivity index (χ3v) is 56.0. The van der Waals surface area contributed by atoms with E-state index in [2.05, 4.69) is 235 Å². The summed E-state index contributed by atoms with van der Waals surface area (Å²) in [7, 11) is -24.1. The van der Waals surface area contributed by atoms with Crippen LogP contribution in [0.2, 0.25) is 125 Å².